The number of carbonyl (C=O) groups is 3. The van der Waals surface area contributed by atoms with Gasteiger partial charge in [-0.25, -0.2) is 4.79 Å². The van der Waals surface area contributed by atoms with Gasteiger partial charge < -0.3 is 15.4 Å². The molecule has 1 fully saturated rings. The van der Waals surface area contributed by atoms with Gasteiger partial charge >= 0.3 is 6.09 Å². The van der Waals surface area contributed by atoms with E-state index in [1.165, 1.54) is 4.90 Å². The third-order valence-corrected chi connectivity index (χ3v) is 4.81. The van der Waals surface area contributed by atoms with Crippen LogP contribution in [0.4, 0.5) is 16.2 Å². The Kier molecular flexibility index (Phi) is 6.30. The first-order valence-corrected chi connectivity index (χ1v) is 9.62. The lowest BCUT2D eigenvalue weighted by atomic mass is 10.2. The minimum atomic E-state index is -0.385. The van der Waals surface area contributed by atoms with Gasteiger partial charge in [-0.3, -0.25) is 14.5 Å². The van der Waals surface area contributed by atoms with E-state index in [9.17, 15) is 14.4 Å². The van der Waals surface area contributed by atoms with Crippen LogP contribution < -0.4 is 15.5 Å². The van der Waals surface area contributed by atoms with Crippen molar-refractivity contribution in [3.63, 3.8) is 0 Å². The van der Waals surface area contributed by atoms with Gasteiger partial charge in [0.2, 0.25) is 5.91 Å². The molecular formula is C20H20BrN3O4. The Labute approximate surface area is 171 Å². The van der Waals surface area contributed by atoms with Gasteiger partial charge in [0, 0.05) is 34.4 Å². The van der Waals surface area contributed by atoms with Crippen LogP contribution in [-0.2, 0) is 9.53 Å². The standard InChI is InChI=1S/C20H20BrN3O4/c1-13-2-5-15(21)12-17(13)23-18(25)8-9-22-19(26)14-3-6-16(7-4-14)24-10-11-28-20(24)27/h2-7,12H,8-11H2,1H3,(H,22,26)(H,23,25). The summed E-state index contributed by atoms with van der Waals surface area (Å²) in [6.45, 7) is 2.99. The fourth-order valence-electron chi connectivity index (χ4n) is 2.75. The maximum atomic E-state index is 12.2. The molecule has 2 aromatic carbocycles. The molecule has 0 spiro atoms. The summed E-state index contributed by atoms with van der Waals surface area (Å²) in [7, 11) is 0. The first-order valence-electron chi connectivity index (χ1n) is 8.82. The SMILES string of the molecule is Cc1ccc(Br)cc1NC(=O)CCNC(=O)c1ccc(N2CCOC2=O)cc1. The summed E-state index contributed by atoms with van der Waals surface area (Å²) in [6.07, 6.45) is -0.223. The lowest BCUT2D eigenvalue weighted by molar-refractivity contribution is -0.116. The molecule has 0 aromatic heterocycles. The number of rotatable bonds is 6. The molecule has 1 aliphatic rings. The Morgan fingerprint density at radius 2 is 1.93 bits per heavy atom. The van der Waals surface area contributed by atoms with E-state index in [1.54, 1.807) is 24.3 Å². The van der Waals surface area contributed by atoms with Crippen molar-refractivity contribution in [2.24, 2.45) is 0 Å². The number of hydrogen-bond donors (Lipinski definition) is 2. The van der Waals surface area contributed by atoms with Gasteiger partial charge in [0.1, 0.15) is 6.61 Å². The van der Waals surface area contributed by atoms with Crippen LogP contribution in [0.1, 0.15) is 22.3 Å². The summed E-state index contributed by atoms with van der Waals surface area (Å²) < 4.78 is 5.78. The van der Waals surface area contributed by atoms with Gasteiger partial charge in [0.25, 0.3) is 5.91 Å². The van der Waals surface area contributed by atoms with Crippen molar-refractivity contribution >= 4 is 45.2 Å². The highest BCUT2D eigenvalue weighted by Crippen LogP contribution is 2.21. The van der Waals surface area contributed by atoms with Crippen molar-refractivity contribution in [2.45, 2.75) is 13.3 Å². The van der Waals surface area contributed by atoms with Gasteiger partial charge in [-0.1, -0.05) is 22.0 Å². The van der Waals surface area contributed by atoms with Crippen molar-refractivity contribution < 1.29 is 19.1 Å². The van der Waals surface area contributed by atoms with E-state index in [0.29, 0.717) is 24.4 Å². The van der Waals surface area contributed by atoms with E-state index in [-0.39, 0.29) is 30.9 Å². The number of nitrogens with one attached hydrogen (secondary N) is 2. The van der Waals surface area contributed by atoms with Crippen LogP contribution in [0.15, 0.2) is 46.9 Å². The maximum Gasteiger partial charge on any atom is 0.414 e. The van der Waals surface area contributed by atoms with Crippen LogP contribution in [0, 0.1) is 6.92 Å². The Morgan fingerprint density at radius 3 is 2.61 bits per heavy atom. The first-order chi connectivity index (χ1) is 13.4. The Balaban J connectivity index is 1.48. The molecule has 0 saturated carbocycles. The number of halogens is 1. The fourth-order valence-corrected chi connectivity index (χ4v) is 3.12. The van der Waals surface area contributed by atoms with Crippen molar-refractivity contribution in [3.05, 3.63) is 58.1 Å². The van der Waals surface area contributed by atoms with Gasteiger partial charge in [0.05, 0.1) is 6.54 Å². The summed E-state index contributed by atoms with van der Waals surface area (Å²) in [5.74, 6) is -0.452. The lowest BCUT2D eigenvalue weighted by Gasteiger charge is -2.13. The van der Waals surface area contributed by atoms with Crippen LogP contribution in [-0.4, -0.2) is 37.6 Å². The van der Waals surface area contributed by atoms with Crippen molar-refractivity contribution in [1.29, 1.82) is 0 Å². The zero-order valence-corrected chi connectivity index (χ0v) is 16.9. The average molecular weight is 446 g/mol. The molecule has 0 unspecified atom stereocenters. The predicted molar refractivity (Wildman–Crippen MR) is 110 cm³/mol. The predicted octanol–water partition coefficient (Wildman–Crippen LogP) is 3.47. The molecule has 28 heavy (non-hydrogen) atoms. The minimum absolute atomic E-state index is 0.162. The molecule has 3 rings (SSSR count). The normalized spacial score (nSPS) is 13.2. The zero-order chi connectivity index (χ0) is 20.1. The quantitative estimate of drug-likeness (QED) is 0.712. The summed E-state index contributed by atoms with van der Waals surface area (Å²) >= 11 is 3.38. The maximum absolute atomic E-state index is 12.2. The average Bonchev–Trinajstić information content (AvgIpc) is 3.10. The molecule has 2 N–H and O–H groups in total. The topological polar surface area (TPSA) is 87.7 Å². The molecule has 0 bridgehead atoms. The number of ether oxygens (including phenoxy) is 1. The van der Waals surface area contributed by atoms with Gasteiger partial charge in [-0.05, 0) is 48.9 Å². The Hall–Kier alpha value is -2.87. The molecule has 1 saturated heterocycles. The Bertz CT molecular complexity index is 899. The van der Waals surface area contributed by atoms with E-state index < -0.39 is 0 Å². The summed E-state index contributed by atoms with van der Waals surface area (Å²) in [6, 6.07) is 12.3. The number of anilines is 2. The highest BCUT2D eigenvalue weighted by Gasteiger charge is 2.23. The molecule has 3 amide bonds. The zero-order valence-electron chi connectivity index (χ0n) is 15.3. The number of nitrogens with zero attached hydrogens (tertiary/aromatic N) is 1. The van der Waals surface area contributed by atoms with E-state index in [0.717, 1.165) is 15.7 Å². The molecule has 1 heterocycles. The van der Waals surface area contributed by atoms with Crippen LogP contribution in [0.25, 0.3) is 0 Å². The van der Waals surface area contributed by atoms with Gasteiger partial charge in [-0.15, -0.1) is 0 Å². The summed E-state index contributed by atoms with van der Waals surface area (Å²) in [4.78, 5) is 37.4. The molecule has 1 aliphatic heterocycles. The molecule has 146 valence electrons. The monoisotopic (exact) mass is 445 g/mol. The summed E-state index contributed by atoms with van der Waals surface area (Å²) in [5, 5.41) is 5.56. The third kappa shape index (κ3) is 4.89. The molecule has 7 nitrogen and oxygen atoms in total. The Morgan fingerprint density at radius 1 is 1.18 bits per heavy atom. The molecule has 0 radical (unpaired) electrons. The number of carbonyl (C=O) groups excluding carboxylic acids is 3. The van der Waals surface area contributed by atoms with Crippen LogP contribution in [0.3, 0.4) is 0 Å². The second-order valence-electron chi connectivity index (χ2n) is 6.33. The fraction of sp³-hybridized carbons (Fsp3) is 0.250. The number of cyclic esters (lactones) is 1. The smallest absolute Gasteiger partial charge is 0.414 e. The van der Waals surface area contributed by atoms with E-state index in [4.69, 9.17) is 4.74 Å². The number of amides is 3. The minimum Gasteiger partial charge on any atom is -0.447 e. The molecular weight excluding hydrogens is 426 g/mol. The number of benzene rings is 2. The summed E-state index contributed by atoms with van der Waals surface area (Å²) in [5.41, 5.74) is 2.84. The van der Waals surface area contributed by atoms with E-state index >= 15 is 0 Å². The van der Waals surface area contributed by atoms with Crippen LogP contribution in [0.5, 0.6) is 0 Å². The highest BCUT2D eigenvalue weighted by molar-refractivity contribution is 9.10. The third-order valence-electron chi connectivity index (χ3n) is 4.31. The lowest BCUT2D eigenvalue weighted by Crippen LogP contribution is -2.28. The van der Waals surface area contributed by atoms with Crippen LogP contribution >= 0.6 is 15.9 Å². The molecule has 0 aliphatic carbocycles. The van der Waals surface area contributed by atoms with Gasteiger partial charge in [0.15, 0.2) is 0 Å². The largest absolute Gasteiger partial charge is 0.447 e. The molecule has 2 aromatic rings. The van der Waals surface area contributed by atoms with E-state index in [2.05, 4.69) is 26.6 Å². The van der Waals surface area contributed by atoms with E-state index in [1.807, 2.05) is 25.1 Å². The van der Waals surface area contributed by atoms with Gasteiger partial charge in [-0.2, -0.15) is 0 Å². The van der Waals surface area contributed by atoms with Crippen molar-refractivity contribution in [2.75, 3.05) is 29.9 Å². The second kappa shape index (κ2) is 8.88. The van der Waals surface area contributed by atoms with Crippen molar-refractivity contribution in [1.82, 2.24) is 5.32 Å². The number of aryl methyl sites for hydroxylation is 1. The first kappa shape index (κ1) is 19.9. The molecule has 0 atom stereocenters. The number of hydrogen-bond acceptors (Lipinski definition) is 4. The highest BCUT2D eigenvalue weighted by atomic mass is 79.9. The van der Waals surface area contributed by atoms with Crippen molar-refractivity contribution in [3.8, 4) is 0 Å². The second-order valence-corrected chi connectivity index (χ2v) is 7.24. The van der Waals surface area contributed by atoms with Crippen LogP contribution in [0.2, 0.25) is 0 Å². The molecule has 8 heteroatoms.